The minimum Gasteiger partial charge on any atom is -0.756 e. The van der Waals surface area contributed by atoms with Gasteiger partial charge in [-0.25, -0.2) is 0 Å². The molecule has 1 N–H and O–H groups in total. The van der Waals surface area contributed by atoms with Crippen molar-refractivity contribution in [3.05, 3.63) is 60.8 Å². The second kappa shape index (κ2) is 51.2. The average Bonchev–Trinajstić information content (AvgIpc) is 3.33. The quantitative estimate of drug-likeness (QED) is 0.0212. The first-order valence-corrected chi connectivity index (χ1v) is 31.1. The molecule has 0 saturated carbocycles. The fourth-order valence-electron chi connectivity index (χ4n) is 8.34. The first kappa shape index (κ1) is 68.7. The molecule has 0 aromatic carbocycles. The lowest BCUT2D eigenvalue weighted by atomic mass is 10.0. The van der Waals surface area contributed by atoms with E-state index < -0.39 is 26.6 Å². The van der Waals surface area contributed by atoms with E-state index in [0.717, 1.165) is 64.2 Å². The molecule has 414 valence electrons. The molecule has 3 atom stereocenters. The van der Waals surface area contributed by atoms with Gasteiger partial charge in [-0.15, -0.1) is 0 Å². The monoisotopic (exact) mass is 1020 g/mol. The lowest BCUT2D eigenvalue weighted by Gasteiger charge is -2.30. The van der Waals surface area contributed by atoms with Gasteiger partial charge in [-0.3, -0.25) is 14.2 Å². The Morgan fingerprint density at radius 1 is 0.493 bits per heavy atom. The van der Waals surface area contributed by atoms with E-state index in [9.17, 15) is 19.0 Å². The Balaban J connectivity index is 5.43. The van der Waals surface area contributed by atoms with E-state index in [4.69, 9.17) is 13.8 Å². The molecule has 0 spiro atoms. The van der Waals surface area contributed by atoms with Gasteiger partial charge < -0.3 is 28.5 Å². The highest BCUT2D eigenvalue weighted by Crippen LogP contribution is 2.38. The molecule has 0 radical (unpaired) electrons. The highest BCUT2D eigenvalue weighted by atomic mass is 31.2. The predicted molar refractivity (Wildman–Crippen MR) is 302 cm³/mol. The zero-order valence-corrected chi connectivity index (χ0v) is 48.1. The van der Waals surface area contributed by atoms with E-state index in [1.165, 1.54) is 161 Å². The highest BCUT2D eigenvalue weighted by Gasteiger charge is 2.27. The van der Waals surface area contributed by atoms with Crippen LogP contribution in [0.4, 0.5) is 0 Å². The number of hydrogen-bond acceptors (Lipinski definition) is 7. The molecule has 9 nitrogen and oxygen atoms in total. The lowest BCUT2D eigenvalue weighted by molar-refractivity contribution is -0.870. The number of nitrogens with one attached hydrogen (secondary N) is 1. The smallest absolute Gasteiger partial charge is 0.306 e. The number of allylic oxidation sites excluding steroid dienone is 9. The minimum atomic E-state index is -4.71. The van der Waals surface area contributed by atoms with E-state index in [0.29, 0.717) is 17.4 Å². The van der Waals surface area contributed by atoms with Crippen molar-refractivity contribution in [2.75, 3.05) is 40.9 Å². The minimum absolute atomic E-state index is 0.0324. The fourth-order valence-corrected chi connectivity index (χ4v) is 9.06. The molecule has 0 aromatic rings. The molecule has 1 amide bonds. The van der Waals surface area contributed by atoms with Gasteiger partial charge in [-0.2, -0.15) is 0 Å². The Kier molecular flexibility index (Phi) is 49.6. The van der Waals surface area contributed by atoms with E-state index in [1.807, 2.05) is 33.3 Å². The van der Waals surface area contributed by atoms with Crippen molar-refractivity contribution >= 4 is 19.7 Å². The van der Waals surface area contributed by atoms with Crippen molar-refractivity contribution in [2.24, 2.45) is 0 Å². The number of quaternary nitrogens is 1. The molecule has 3 unspecified atom stereocenters. The SMILES string of the molecule is CCCCC/C=C\C/C=C\C/C=C\C/C=C\CCCC(=O)NC(COP(=O)([O-])OCC[N+](C)(C)C)C(/C=C/CCCCCCCCCCCCC)OC(=O)CCCCCCCCCCCCCCCCC. The number of esters is 1. The van der Waals surface area contributed by atoms with Crippen LogP contribution < -0.4 is 10.2 Å². The van der Waals surface area contributed by atoms with Crippen LogP contribution in [0.25, 0.3) is 0 Å². The molecule has 0 saturated heterocycles. The van der Waals surface area contributed by atoms with Crippen LogP contribution in [0.5, 0.6) is 0 Å². The Morgan fingerprint density at radius 2 is 0.873 bits per heavy atom. The summed E-state index contributed by atoms with van der Waals surface area (Å²) in [6.45, 7) is 6.78. The van der Waals surface area contributed by atoms with Gasteiger partial charge in [0.15, 0.2) is 0 Å². The topological polar surface area (TPSA) is 114 Å². The number of rotatable bonds is 53. The first-order chi connectivity index (χ1) is 34.4. The molecule has 10 heteroatoms. The van der Waals surface area contributed by atoms with E-state index in [1.54, 1.807) is 0 Å². The predicted octanol–water partition coefficient (Wildman–Crippen LogP) is 17.3. The summed E-state index contributed by atoms with van der Waals surface area (Å²) in [5, 5.41) is 2.99. The average molecular weight is 1020 g/mol. The van der Waals surface area contributed by atoms with Gasteiger partial charge in [0, 0.05) is 12.8 Å². The summed E-state index contributed by atoms with van der Waals surface area (Å²) >= 11 is 0. The molecule has 0 fully saturated rings. The van der Waals surface area contributed by atoms with Gasteiger partial charge in [0.25, 0.3) is 7.82 Å². The summed E-state index contributed by atoms with van der Waals surface area (Å²) in [5.74, 6) is -0.600. The summed E-state index contributed by atoms with van der Waals surface area (Å²) < 4.78 is 30.2. The molecule has 0 rings (SSSR count). The Hall–Kier alpha value is -2.29. The van der Waals surface area contributed by atoms with Crippen LogP contribution in [0.2, 0.25) is 0 Å². The van der Waals surface area contributed by atoms with Crippen LogP contribution in [0.15, 0.2) is 60.8 Å². The van der Waals surface area contributed by atoms with Gasteiger partial charge in [-0.1, -0.05) is 242 Å². The van der Waals surface area contributed by atoms with E-state index >= 15 is 0 Å². The Labute approximate surface area is 439 Å². The van der Waals surface area contributed by atoms with Crippen LogP contribution in [0.3, 0.4) is 0 Å². The van der Waals surface area contributed by atoms with Crippen molar-refractivity contribution < 1.29 is 37.3 Å². The normalized spacial score (nSPS) is 14.2. The number of likely N-dealkylation sites (N-methyl/N-ethyl adjacent to an activating group) is 1. The molecule has 71 heavy (non-hydrogen) atoms. The number of hydrogen-bond donors (Lipinski definition) is 1. The van der Waals surface area contributed by atoms with Gasteiger partial charge in [0.05, 0.1) is 33.8 Å². The Morgan fingerprint density at radius 3 is 1.34 bits per heavy atom. The number of phosphoric acid groups is 1. The van der Waals surface area contributed by atoms with Crippen molar-refractivity contribution in [3.63, 3.8) is 0 Å². The van der Waals surface area contributed by atoms with Crippen LogP contribution in [0.1, 0.15) is 265 Å². The van der Waals surface area contributed by atoms with Crippen LogP contribution in [0, 0.1) is 0 Å². The molecule has 0 aromatic heterocycles. The summed E-state index contributed by atoms with van der Waals surface area (Å²) in [7, 11) is 1.15. The first-order valence-electron chi connectivity index (χ1n) is 29.6. The maximum Gasteiger partial charge on any atom is 0.306 e. The third-order valence-electron chi connectivity index (χ3n) is 13.0. The van der Waals surface area contributed by atoms with Gasteiger partial charge >= 0.3 is 5.97 Å². The number of carbonyl (C=O) groups is 2. The third kappa shape index (κ3) is 52.4. The van der Waals surface area contributed by atoms with Crippen molar-refractivity contribution in [1.29, 1.82) is 0 Å². The largest absolute Gasteiger partial charge is 0.756 e. The van der Waals surface area contributed by atoms with Crippen molar-refractivity contribution in [1.82, 2.24) is 5.32 Å². The summed E-state index contributed by atoms with van der Waals surface area (Å²) in [4.78, 5) is 39.9. The number of phosphoric ester groups is 1. The zero-order valence-electron chi connectivity index (χ0n) is 47.2. The third-order valence-corrected chi connectivity index (χ3v) is 13.9. The van der Waals surface area contributed by atoms with Crippen molar-refractivity contribution in [2.45, 2.75) is 277 Å². The number of nitrogens with zero attached hydrogens (tertiary/aromatic N) is 1. The van der Waals surface area contributed by atoms with Gasteiger partial charge in [0.2, 0.25) is 5.91 Å². The maximum atomic E-state index is 13.5. The molecular formula is C61H113N2O7P. The molecular weight excluding hydrogens is 904 g/mol. The summed E-state index contributed by atoms with van der Waals surface area (Å²) in [6, 6.07) is -0.915. The van der Waals surface area contributed by atoms with Crippen LogP contribution >= 0.6 is 7.82 Å². The van der Waals surface area contributed by atoms with Crippen molar-refractivity contribution in [3.8, 4) is 0 Å². The number of carbonyl (C=O) groups excluding carboxylic acids is 2. The van der Waals surface area contributed by atoms with Crippen LogP contribution in [-0.2, 0) is 27.9 Å². The number of unbranched alkanes of at least 4 members (excludes halogenated alkanes) is 29. The van der Waals surface area contributed by atoms with E-state index in [2.05, 4.69) is 74.7 Å². The number of ether oxygens (including phenoxy) is 1. The summed E-state index contributed by atoms with van der Waals surface area (Å²) in [5.41, 5.74) is 0. The fraction of sp³-hybridized carbons (Fsp3) is 0.803. The van der Waals surface area contributed by atoms with Gasteiger partial charge in [0.1, 0.15) is 19.3 Å². The molecule has 0 aliphatic heterocycles. The zero-order chi connectivity index (χ0) is 52.2. The maximum absolute atomic E-state index is 13.5. The second-order valence-electron chi connectivity index (χ2n) is 21.2. The van der Waals surface area contributed by atoms with Gasteiger partial charge in [-0.05, 0) is 70.3 Å². The summed E-state index contributed by atoms with van der Waals surface area (Å²) in [6.07, 6.45) is 63.3. The Bertz CT molecular complexity index is 1400. The standard InChI is InChI=1S/C61H113N2O7P/c1-7-10-13-16-19-22-25-28-30-31-33-35-38-41-44-47-50-53-60(64)62-58(57-69-71(66,67)68-56-55-63(4,5)6)59(52-49-46-43-40-37-34-27-24-21-18-15-12-9-3)70-61(65)54-51-48-45-42-39-36-32-29-26-23-20-17-14-11-8-2/h19,22,28,30,33,35,41,44,49,52,58-59H,7-18,20-21,23-27,29,31-32,34,36-40,42-43,45-48,50-51,53-57H2,1-6H3,(H-,62,64,66,67)/b22-19-,30-28-,35-33-,44-41-,52-49+. The van der Waals surface area contributed by atoms with E-state index in [-0.39, 0.29) is 31.3 Å². The van der Waals surface area contributed by atoms with Crippen LogP contribution in [-0.4, -0.2) is 69.4 Å². The lowest BCUT2D eigenvalue weighted by Crippen LogP contribution is -2.47. The molecule has 0 bridgehead atoms. The molecule has 0 heterocycles. The molecule has 0 aliphatic carbocycles. The second-order valence-corrected chi connectivity index (χ2v) is 22.6. The highest BCUT2D eigenvalue weighted by molar-refractivity contribution is 7.45. The number of amides is 1. The molecule has 0 aliphatic rings.